The van der Waals surface area contributed by atoms with E-state index in [0.717, 1.165) is 0 Å². The van der Waals surface area contributed by atoms with Crippen molar-refractivity contribution in [2.24, 2.45) is 0 Å². The van der Waals surface area contributed by atoms with Gasteiger partial charge in [-0.3, -0.25) is 4.98 Å². The van der Waals surface area contributed by atoms with Gasteiger partial charge in [-0.05, 0) is 0 Å². The van der Waals surface area contributed by atoms with Crippen molar-refractivity contribution in [3.8, 4) is 0 Å². The van der Waals surface area contributed by atoms with Crippen LogP contribution in [0.25, 0.3) is 0 Å². The van der Waals surface area contributed by atoms with E-state index >= 15 is 0 Å². The number of halogens is 2. The summed E-state index contributed by atoms with van der Waals surface area (Å²) in [6.07, 6.45) is 1.53. The van der Waals surface area contributed by atoms with Gasteiger partial charge >= 0.3 is 19.5 Å². The monoisotopic (exact) mass is 227 g/mol. The molecule has 1 rings (SSSR count). The maximum Gasteiger partial charge on any atom is 2.00 e. The Bertz CT molecular complexity index is 146. The van der Waals surface area contributed by atoms with Gasteiger partial charge in [0.1, 0.15) is 0 Å². The molecule has 1 aromatic heterocycles. The molecule has 0 spiro atoms. The normalized spacial score (nSPS) is 6.10. The van der Waals surface area contributed by atoms with Crippen LogP contribution in [0, 0.1) is 13.5 Å². The predicted octanol–water partition coefficient (Wildman–Crippen LogP) is 2.40. The molecule has 52 valence electrons. The Kier molecular flexibility index (Phi) is 15.7. The molecule has 0 atom stereocenters. The quantitative estimate of drug-likeness (QED) is 0.378. The zero-order valence-electron chi connectivity index (χ0n) is 5.67. The Balaban J connectivity index is -0.000000163. The SMILES string of the molecule is Cl.Clc1cc[c-]cn1.[CH3-].[Zn+2]. The van der Waals surface area contributed by atoms with Gasteiger partial charge in [0.25, 0.3) is 0 Å². The molecule has 0 radical (unpaired) electrons. The van der Waals surface area contributed by atoms with Gasteiger partial charge in [-0.2, -0.15) is 6.07 Å². The number of hydrogen-bond acceptors (Lipinski definition) is 1. The second-order valence-corrected chi connectivity index (χ2v) is 1.47. The van der Waals surface area contributed by atoms with E-state index in [1.54, 1.807) is 12.1 Å². The average molecular weight is 229 g/mol. The van der Waals surface area contributed by atoms with E-state index in [1.165, 1.54) is 6.20 Å². The second kappa shape index (κ2) is 9.35. The number of nitrogens with zero attached hydrogens (tertiary/aromatic N) is 1. The van der Waals surface area contributed by atoms with Crippen molar-refractivity contribution >= 4 is 24.0 Å². The molecule has 0 aliphatic heterocycles. The molecule has 0 unspecified atom stereocenters. The van der Waals surface area contributed by atoms with Gasteiger partial charge in [0.15, 0.2) is 0 Å². The summed E-state index contributed by atoms with van der Waals surface area (Å²) >= 11 is 5.41. The average Bonchev–Trinajstić information content (AvgIpc) is 1.69. The topological polar surface area (TPSA) is 12.9 Å². The van der Waals surface area contributed by atoms with Gasteiger partial charge < -0.3 is 7.43 Å². The van der Waals surface area contributed by atoms with Crippen LogP contribution in [0.5, 0.6) is 0 Å². The number of hydrogen-bond donors (Lipinski definition) is 0. The van der Waals surface area contributed by atoms with E-state index in [9.17, 15) is 0 Å². The third kappa shape index (κ3) is 6.47. The fourth-order valence-electron chi connectivity index (χ4n) is 0.302. The standard InChI is InChI=1S/C5H3ClN.CH3.ClH.Zn/c6-5-3-1-2-4-7-5;;;/h1,3-4H;1H3;1H;/q2*-1;;+2. The van der Waals surface area contributed by atoms with Crippen molar-refractivity contribution in [1.29, 1.82) is 0 Å². The molecule has 1 heterocycles. The molecule has 1 aromatic rings. The number of rotatable bonds is 0. The molecule has 4 heteroatoms. The number of pyridine rings is 1. The van der Waals surface area contributed by atoms with Crippen LogP contribution in [0.4, 0.5) is 0 Å². The Morgan fingerprint density at radius 3 is 2.30 bits per heavy atom. The number of aromatic nitrogens is 1. The minimum absolute atomic E-state index is 0. The summed E-state index contributed by atoms with van der Waals surface area (Å²) in [5.41, 5.74) is 0. The molecule has 0 fully saturated rings. The van der Waals surface area contributed by atoms with E-state index in [0.29, 0.717) is 5.15 Å². The first-order valence-electron chi connectivity index (χ1n) is 1.87. The summed E-state index contributed by atoms with van der Waals surface area (Å²) in [5.74, 6) is 0. The van der Waals surface area contributed by atoms with Crippen molar-refractivity contribution in [2.45, 2.75) is 0 Å². The first-order valence-corrected chi connectivity index (χ1v) is 2.25. The van der Waals surface area contributed by atoms with Crippen molar-refractivity contribution in [2.75, 3.05) is 0 Å². The van der Waals surface area contributed by atoms with Crippen LogP contribution >= 0.6 is 24.0 Å². The van der Waals surface area contributed by atoms with Crippen LogP contribution in [-0.4, -0.2) is 4.98 Å². The molecule has 0 aromatic carbocycles. The van der Waals surface area contributed by atoms with Gasteiger partial charge in [-0.1, -0.05) is 17.8 Å². The molecule has 0 bridgehead atoms. The van der Waals surface area contributed by atoms with Gasteiger partial charge in [0.05, 0.1) is 0 Å². The molecule has 0 saturated heterocycles. The largest absolute Gasteiger partial charge is 2.00 e. The minimum atomic E-state index is 0. The molecular weight excluding hydrogens is 222 g/mol. The molecule has 0 amide bonds. The summed E-state index contributed by atoms with van der Waals surface area (Å²) < 4.78 is 0. The fraction of sp³-hybridized carbons (Fsp3) is 0. The van der Waals surface area contributed by atoms with Crippen LogP contribution in [0.1, 0.15) is 0 Å². The summed E-state index contributed by atoms with van der Waals surface area (Å²) in [7, 11) is 0. The van der Waals surface area contributed by atoms with E-state index in [1.807, 2.05) is 0 Å². The summed E-state index contributed by atoms with van der Waals surface area (Å²) in [6.45, 7) is 0. The van der Waals surface area contributed by atoms with Crippen LogP contribution < -0.4 is 0 Å². The maximum absolute atomic E-state index is 5.41. The zero-order valence-corrected chi connectivity index (χ0v) is 10.2. The fourth-order valence-corrected chi connectivity index (χ4v) is 0.414. The third-order valence-electron chi connectivity index (χ3n) is 0.580. The summed E-state index contributed by atoms with van der Waals surface area (Å²) in [4.78, 5) is 3.69. The zero-order chi connectivity index (χ0) is 5.11. The first-order chi connectivity index (χ1) is 3.39. The molecule has 10 heavy (non-hydrogen) atoms. The van der Waals surface area contributed by atoms with E-state index in [4.69, 9.17) is 11.6 Å². The third-order valence-corrected chi connectivity index (χ3v) is 0.803. The maximum atomic E-state index is 5.41. The second-order valence-electron chi connectivity index (χ2n) is 1.08. The predicted molar refractivity (Wildman–Crippen MR) is 41.7 cm³/mol. The van der Waals surface area contributed by atoms with Crippen LogP contribution in [0.3, 0.4) is 0 Å². The molecule has 0 aliphatic carbocycles. The van der Waals surface area contributed by atoms with Crippen LogP contribution in [0.2, 0.25) is 5.15 Å². The summed E-state index contributed by atoms with van der Waals surface area (Å²) in [6, 6.07) is 6.14. The Hall–Kier alpha value is 0.353. The molecule has 0 N–H and O–H groups in total. The van der Waals surface area contributed by atoms with Crippen molar-refractivity contribution in [1.82, 2.24) is 4.98 Å². The van der Waals surface area contributed by atoms with Gasteiger partial charge in [-0.15, -0.1) is 12.4 Å². The van der Waals surface area contributed by atoms with E-state index in [2.05, 4.69) is 11.1 Å². The van der Waals surface area contributed by atoms with E-state index < -0.39 is 0 Å². The Morgan fingerprint density at radius 1 is 1.50 bits per heavy atom. The van der Waals surface area contributed by atoms with Crippen LogP contribution in [0.15, 0.2) is 18.3 Å². The summed E-state index contributed by atoms with van der Waals surface area (Å²) in [5, 5.41) is 0.513. The van der Waals surface area contributed by atoms with Gasteiger partial charge in [0.2, 0.25) is 0 Å². The van der Waals surface area contributed by atoms with Crippen molar-refractivity contribution < 1.29 is 19.5 Å². The van der Waals surface area contributed by atoms with Gasteiger partial charge in [-0.25, -0.2) is 12.1 Å². The van der Waals surface area contributed by atoms with Crippen molar-refractivity contribution in [3.63, 3.8) is 0 Å². The minimum Gasteiger partial charge on any atom is -0.358 e. The molecular formula is C6H7Cl2NZn. The molecule has 0 saturated carbocycles. The smallest absolute Gasteiger partial charge is 0.358 e. The van der Waals surface area contributed by atoms with Gasteiger partial charge in [0, 0.05) is 5.15 Å². The Morgan fingerprint density at radius 2 is 2.10 bits per heavy atom. The molecule has 0 aliphatic rings. The van der Waals surface area contributed by atoms with Crippen LogP contribution in [-0.2, 0) is 19.5 Å². The van der Waals surface area contributed by atoms with E-state index in [-0.39, 0.29) is 39.3 Å². The molecule has 1 nitrogen and oxygen atoms in total. The first kappa shape index (κ1) is 16.8. The van der Waals surface area contributed by atoms with Crippen molar-refractivity contribution in [3.05, 3.63) is 37.0 Å². The Labute approximate surface area is 85.4 Å².